The summed E-state index contributed by atoms with van der Waals surface area (Å²) in [5.41, 5.74) is 0.429. The minimum atomic E-state index is -0.164. The highest BCUT2D eigenvalue weighted by molar-refractivity contribution is 5.92. The van der Waals surface area contributed by atoms with Gasteiger partial charge in [0.2, 0.25) is 0 Å². The summed E-state index contributed by atoms with van der Waals surface area (Å²) in [5.74, 6) is 1.21. The molecule has 1 aromatic rings. The largest absolute Gasteiger partial charge is 0.380 e. The van der Waals surface area contributed by atoms with Gasteiger partial charge >= 0.3 is 0 Å². The van der Waals surface area contributed by atoms with E-state index in [0.29, 0.717) is 24.8 Å². The number of hydrogen-bond donors (Lipinski definition) is 2. The zero-order valence-corrected chi connectivity index (χ0v) is 13.3. The molecule has 5 nitrogen and oxygen atoms in total. The number of carbonyl (C=O) groups excluding carboxylic acids is 1. The van der Waals surface area contributed by atoms with Gasteiger partial charge in [-0.05, 0) is 30.9 Å². The van der Waals surface area contributed by atoms with Crippen LogP contribution in [0.5, 0.6) is 0 Å². The minimum Gasteiger partial charge on any atom is -0.380 e. The fourth-order valence-electron chi connectivity index (χ4n) is 1.66. The average molecular weight is 293 g/mol. The van der Waals surface area contributed by atoms with Crippen molar-refractivity contribution >= 4 is 11.7 Å². The predicted molar refractivity (Wildman–Crippen MR) is 85.6 cm³/mol. The number of ether oxygens (including phenoxy) is 1. The average Bonchev–Trinajstić information content (AvgIpc) is 2.48. The van der Waals surface area contributed by atoms with Gasteiger partial charge in [0.25, 0.3) is 5.91 Å². The smallest absolute Gasteiger partial charge is 0.270 e. The van der Waals surface area contributed by atoms with Gasteiger partial charge < -0.3 is 15.4 Å². The molecule has 118 valence electrons. The van der Waals surface area contributed by atoms with Crippen LogP contribution in [-0.2, 0) is 4.74 Å². The first-order valence-corrected chi connectivity index (χ1v) is 7.70. The Labute approximate surface area is 127 Å². The van der Waals surface area contributed by atoms with Crippen molar-refractivity contribution in [1.29, 1.82) is 0 Å². The number of anilines is 1. The van der Waals surface area contributed by atoms with Gasteiger partial charge in [-0.25, -0.2) is 4.98 Å². The van der Waals surface area contributed by atoms with Crippen molar-refractivity contribution in [2.75, 3.05) is 31.6 Å². The summed E-state index contributed by atoms with van der Waals surface area (Å²) in [6.45, 7) is 9.04. The number of nitrogens with one attached hydrogen (secondary N) is 2. The van der Waals surface area contributed by atoms with E-state index in [0.717, 1.165) is 31.8 Å². The van der Waals surface area contributed by atoms with Crippen LogP contribution < -0.4 is 10.6 Å². The van der Waals surface area contributed by atoms with E-state index in [4.69, 9.17) is 4.74 Å². The molecule has 0 aliphatic rings. The van der Waals surface area contributed by atoms with Crippen LogP contribution in [0.25, 0.3) is 0 Å². The number of rotatable bonds is 10. The summed E-state index contributed by atoms with van der Waals surface area (Å²) in [4.78, 5) is 16.2. The van der Waals surface area contributed by atoms with E-state index in [1.807, 2.05) is 12.1 Å². The number of amides is 1. The molecule has 0 fully saturated rings. The Morgan fingerprint density at radius 2 is 2.10 bits per heavy atom. The second-order valence-electron chi connectivity index (χ2n) is 5.39. The molecule has 2 N–H and O–H groups in total. The molecule has 0 aromatic carbocycles. The van der Waals surface area contributed by atoms with Crippen LogP contribution >= 0.6 is 0 Å². The number of pyridine rings is 1. The predicted octanol–water partition coefficient (Wildman–Crippen LogP) is 2.70. The summed E-state index contributed by atoms with van der Waals surface area (Å²) < 4.78 is 5.46. The summed E-state index contributed by atoms with van der Waals surface area (Å²) in [7, 11) is 0. The van der Waals surface area contributed by atoms with E-state index in [1.54, 1.807) is 6.07 Å². The molecule has 0 bridgehead atoms. The zero-order chi connectivity index (χ0) is 15.5. The quantitative estimate of drug-likeness (QED) is 0.651. The molecule has 0 saturated carbocycles. The third kappa shape index (κ3) is 7.66. The highest BCUT2D eigenvalue weighted by Gasteiger charge is 2.07. The molecule has 0 spiro atoms. The highest BCUT2D eigenvalue weighted by Crippen LogP contribution is 2.04. The lowest BCUT2D eigenvalue weighted by Crippen LogP contribution is -2.28. The van der Waals surface area contributed by atoms with Crippen LogP contribution in [0, 0.1) is 5.92 Å². The fourth-order valence-corrected chi connectivity index (χ4v) is 1.66. The normalized spacial score (nSPS) is 10.7. The third-order valence-electron chi connectivity index (χ3n) is 2.91. The molecule has 21 heavy (non-hydrogen) atoms. The minimum absolute atomic E-state index is 0.164. The molecule has 0 atom stereocenters. The topological polar surface area (TPSA) is 63.2 Å². The molecule has 0 saturated heterocycles. The van der Waals surface area contributed by atoms with Gasteiger partial charge in [0, 0.05) is 19.7 Å². The van der Waals surface area contributed by atoms with Crippen LogP contribution in [0.1, 0.15) is 44.1 Å². The van der Waals surface area contributed by atoms with Crippen LogP contribution in [0.4, 0.5) is 5.82 Å². The van der Waals surface area contributed by atoms with E-state index in [9.17, 15) is 4.79 Å². The lowest BCUT2D eigenvalue weighted by atomic mass is 10.1. The van der Waals surface area contributed by atoms with Gasteiger partial charge in [0.1, 0.15) is 11.5 Å². The summed E-state index contributed by atoms with van der Waals surface area (Å²) in [6, 6.07) is 5.41. The Balaban J connectivity index is 2.28. The van der Waals surface area contributed by atoms with E-state index < -0.39 is 0 Å². The third-order valence-corrected chi connectivity index (χ3v) is 2.91. The Bertz CT molecular complexity index is 422. The van der Waals surface area contributed by atoms with E-state index >= 15 is 0 Å². The molecule has 1 amide bonds. The van der Waals surface area contributed by atoms with Gasteiger partial charge in [0.05, 0.1) is 6.61 Å². The molecule has 5 heteroatoms. The van der Waals surface area contributed by atoms with Gasteiger partial charge in [-0.3, -0.25) is 4.79 Å². The molecule has 0 aliphatic heterocycles. The molecule has 0 radical (unpaired) electrons. The van der Waals surface area contributed by atoms with Gasteiger partial charge in [-0.15, -0.1) is 0 Å². The van der Waals surface area contributed by atoms with Gasteiger partial charge in [-0.1, -0.05) is 26.8 Å². The monoisotopic (exact) mass is 293 g/mol. The van der Waals surface area contributed by atoms with E-state index in [2.05, 4.69) is 36.4 Å². The molecule has 0 unspecified atom stereocenters. The maximum atomic E-state index is 12.0. The van der Waals surface area contributed by atoms with Crippen molar-refractivity contribution in [3.05, 3.63) is 23.9 Å². The number of hydrogen-bond acceptors (Lipinski definition) is 4. The number of carbonyl (C=O) groups is 1. The molecule has 1 aromatic heterocycles. The van der Waals surface area contributed by atoms with Crippen molar-refractivity contribution in [1.82, 2.24) is 10.3 Å². The first kappa shape index (κ1) is 17.4. The lowest BCUT2D eigenvalue weighted by Gasteiger charge is -2.08. The maximum Gasteiger partial charge on any atom is 0.270 e. The Kier molecular flexibility index (Phi) is 8.43. The van der Waals surface area contributed by atoms with Gasteiger partial charge in [-0.2, -0.15) is 0 Å². The molecule has 0 aliphatic carbocycles. The summed E-state index contributed by atoms with van der Waals surface area (Å²) in [5, 5.41) is 5.98. The number of aromatic nitrogens is 1. The van der Waals surface area contributed by atoms with E-state index in [-0.39, 0.29) is 5.91 Å². The van der Waals surface area contributed by atoms with Crippen LogP contribution in [0.3, 0.4) is 0 Å². The van der Waals surface area contributed by atoms with Crippen LogP contribution in [0.15, 0.2) is 18.2 Å². The zero-order valence-electron chi connectivity index (χ0n) is 13.3. The van der Waals surface area contributed by atoms with Crippen LogP contribution in [0.2, 0.25) is 0 Å². The lowest BCUT2D eigenvalue weighted by molar-refractivity contribution is 0.0901. The first-order valence-electron chi connectivity index (χ1n) is 7.70. The molecular formula is C16H27N3O2. The Morgan fingerprint density at radius 3 is 2.81 bits per heavy atom. The highest BCUT2D eigenvalue weighted by atomic mass is 16.5. The molecular weight excluding hydrogens is 266 g/mol. The molecule has 1 rings (SSSR count). The van der Waals surface area contributed by atoms with Crippen molar-refractivity contribution in [3.63, 3.8) is 0 Å². The second kappa shape index (κ2) is 10.2. The summed E-state index contributed by atoms with van der Waals surface area (Å²) >= 11 is 0. The Hall–Kier alpha value is -1.62. The Morgan fingerprint density at radius 1 is 1.29 bits per heavy atom. The van der Waals surface area contributed by atoms with Crippen molar-refractivity contribution in [2.24, 2.45) is 5.92 Å². The van der Waals surface area contributed by atoms with Crippen molar-refractivity contribution < 1.29 is 9.53 Å². The van der Waals surface area contributed by atoms with Crippen LogP contribution in [-0.4, -0.2) is 37.2 Å². The van der Waals surface area contributed by atoms with Crippen molar-refractivity contribution in [2.45, 2.75) is 33.6 Å². The first-order chi connectivity index (χ1) is 10.1. The fraction of sp³-hybridized carbons (Fsp3) is 0.625. The standard InChI is InChI=1S/C16H27N3O2/c1-4-9-17-15-7-5-6-14(19-15)16(20)18-10-12-21-11-8-13(2)3/h5-7,13H,4,8-12H2,1-3H3,(H,17,19)(H,18,20). The summed E-state index contributed by atoms with van der Waals surface area (Å²) in [6.07, 6.45) is 2.06. The maximum absolute atomic E-state index is 12.0. The second-order valence-corrected chi connectivity index (χ2v) is 5.39. The SMILES string of the molecule is CCCNc1cccc(C(=O)NCCOCCC(C)C)n1. The van der Waals surface area contributed by atoms with Crippen molar-refractivity contribution in [3.8, 4) is 0 Å². The number of nitrogens with zero attached hydrogens (tertiary/aromatic N) is 1. The van der Waals surface area contributed by atoms with Gasteiger partial charge in [0.15, 0.2) is 0 Å². The van der Waals surface area contributed by atoms with E-state index in [1.165, 1.54) is 0 Å². The molecule has 1 heterocycles.